The van der Waals surface area contributed by atoms with Gasteiger partial charge in [-0.25, -0.2) is 4.79 Å². The summed E-state index contributed by atoms with van der Waals surface area (Å²) in [6, 6.07) is 9.73. The van der Waals surface area contributed by atoms with E-state index in [-0.39, 0.29) is 6.61 Å². The van der Waals surface area contributed by atoms with Crippen LogP contribution in [0.2, 0.25) is 0 Å². The van der Waals surface area contributed by atoms with Crippen LogP contribution in [-0.4, -0.2) is 34.5 Å². The average Bonchev–Trinajstić information content (AvgIpc) is 2.44. The summed E-state index contributed by atoms with van der Waals surface area (Å²) in [4.78, 5) is 11.2. The third-order valence-corrected chi connectivity index (χ3v) is 3.07. The smallest absolute Gasteiger partial charge is 0.330 e. The molecule has 0 amide bonds. The van der Waals surface area contributed by atoms with Crippen LogP contribution in [0.3, 0.4) is 0 Å². The van der Waals surface area contributed by atoms with E-state index in [0.717, 1.165) is 11.6 Å². The standard InChI is InChI=1S/C16H22O4/c1-3-20-15(18)11-12-16(2,19)14(17)10-9-13-7-5-4-6-8-13/h4-8,11-12,14,17,19H,3,9-10H2,1-2H3/b12-11+/t14-,16-/m0/s1. The van der Waals surface area contributed by atoms with E-state index in [9.17, 15) is 15.0 Å². The molecule has 2 N–H and O–H groups in total. The topological polar surface area (TPSA) is 66.8 Å². The van der Waals surface area contributed by atoms with Crippen LogP contribution in [0.4, 0.5) is 0 Å². The highest BCUT2D eigenvalue weighted by Crippen LogP contribution is 2.17. The fourth-order valence-electron chi connectivity index (χ4n) is 1.78. The summed E-state index contributed by atoms with van der Waals surface area (Å²) in [5, 5.41) is 20.2. The van der Waals surface area contributed by atoms with Crippen molar-refractivity contribution in [2.75, 3.05) is 6.61 Å². The van der Waals surface area contributed by atoms with E-state index >= 15 is 0 Å². The Morgan fingerprint density at radius 2 is 2.05 bits per heavy atom. The van der Waals surface area contributed by atoms with Crippen LogP contribution in [0.1, 0.15) is 25.8 Å². The summed E-state index contributed by atoms with van der Waals surface area (Å²) >= 11 is 0. The predicted molar refractivity (Wildman–Crippen MR) is 77.2 cm³/mol. The molecule has 4 heteroatoms. The molecule has 0 unspecified atom stereocenters. The second kappa shape index (κ2) is 7.82. The molecule has 0 fully saturated rings. The van der Waals surface area contributed by atoms with Gasteiger partial charge >= 0.3 is 5.97 Å². The van der Waals surface area contributed by atoms with Gasteiger partial charge in [-0.15, -0.1) is 0 Å². The number of hydrogen-bond donors (Lipinski definition) is 2. The number of rotatable bonds is 7. The van der Waals surface area contributed by atoms with Crippen molar-refractivity contribution in [1.29, 1.82) is 0 Å². The Morgan fingerprint density at radius 3 is 2.65 bits per heavy atom. The molecule has 2 atom stereocenters. The average molecular weight is 278 g/mol. The van der Waals surface area contributed by atoms with Crippen molar-refractivity contribution in [1.82, 2.24) is 0 Å². The predicted octanol–water partition coefficient (Wildman–Crippen LogP) is 1.85. The van der Waals surface area contributed by atoms with Gasteiger partial charge in [-0.05, 0) is 38.3 Å². The molecule has 0 bridgehead atoms. The molecule has 0 aliphatic rings. The lowest BCUT2D eigenvalue weighted by Crippen LogP contribution is -2.37. The van der Waals surface area contributed by atoms with Crippen LogP contribution in [0.25, 0.3) is 0 Å². The van der Waals surface area contributed by atoms with Gasteiger partial charge in [-0.2, -0.15) is 0 Å². The first kappa shape index (κ1) is 16.4. The Morgan fingerprint density at radius 1 is 1.40 bits per heavy atom. The third kappa shape index (κ3) is 5.55. The zero-order valence-electron chi connectivity index (χ0n) is 12.0. The second-order valence-corrected chi connectivity index (χ2v) is 4.85. The molecular weight excluding hydrogens is 256 g/mol. The van der Waals surface area contributed by atoms with Crippen molar-refractivity contribution in [2.45, 2.75) is 38.4 Å². The number of hydrogen-bond acceptors (Lipinski definition) is 4. The summed E-state index contributed by atoms with van der Waals surface area (Å²) in [5.41, 5.74) is -0.363. The zero-order chi connectivity index (χ0) is 15.0. The van der Waals surface area contributed by atoms with E-state index in [1.54, 1.807) is 6.92 Å². The Balaban J connectivity index is 2.51. The van der Waals surface area contributed by atoms with Crippen molar-refractivity contribution in [3.8, 4) is 0 Å². The number of aryl methyl sites for hydroxylation is 1. The number of aliphatic hydroxyl groups excluding tert-OH is 1. The molecule has 0 spiro atoms. The number of esters is 1. The van der Waals surface area contributed by atoms with Gasteiger partial charge in [0.05, 0.1) is 12.7 Å². The number of aliphatic hydroxyl groups is 2. The molecule has 1 aromatic rings. The molecule has 1 rings (SSSR count). The van der Waals surface area contributed by atoms with Gasteiger partial charge in [-0.1, -0.05) is 30.3 Å². The van der Waals surface area contributed by atoms with E-state index in [4.69, 9.17) is 4.74 Å². The molecule has 110 valence electrons. The second-order valence-electron chi connectivity index (χ2n) is 4.85. The number of carbonyl (C=O) groups is 1. The number of ether oxygens (including phenoxy) is 1. The molecule has 0 aliphatic heterocycles. The van der Waals surface area contributed by atoms with Crippen LogP contribution >= 0.6 is 0 Å². The zero-order valence-corrected chi connectivity index (χ0v) is 12.0. The fourth-order valence-corrected chi connectivity index (χ4v) is 1.78. The van der Waals surface area contributed by atoms with E-state index < -0.39 is 17.7 Å². The first-order valence-corrected chi connectivity index (χ1v) is 6.76. The van der Waals surface area contributed by atoms with Crippen molar-refractivity contribution < 1.29 is 19.7 Å². The molecular formula is C16H22O4. The van der Waals surface area contributed by atoms with Gasteiger partial charge in [0, 0.05) is 6.08 Å². The van der Waals surface area contributed by atoms with Crippen molar-refractivity contribution in [3.05, 3.63) is 48.0 Å². The highest BCUT2D eigenvalue weighted by Gasteiger charge is 2.27. The van der Waals surface area contributed by atoms with Crippen LogP contribution < -0.4 is 0 Å². The van der Waals surface area contributed by atoms with Crippen LogP contribution in [0, 0.1) is 0 Å². The summed E-state index contributed by atoms with van der Waals surface area (Å²) in [6.45, 7) is 3.46. The number of benzene rings is 1. The maximum absolute atomic E-state index is 11.2. The van der Waals surface area contributed by atoms with Gasteiger partial charge in [0.15, 0.2) is 0 Å². The Kier molecular flexibility index (Phi) is 6.42. The van der Waals surface area contributed by atoms with Gasteiger partial charge in [0.25, 0.3) is 0 Å². The molecule has 4 nitrogen and oxygen atoms in total. The molecule has 0 saturated carbocycles. The maximum atomic E-state index is 11.2. The molecule has 20 heavy (non-hydrogen) atoms. The normalized spacial score (nSPS) is 15.8. The van der Waals surface area contributed by atoms with E-state index in [1.807, 2.05) is 30.3 Å². The lowest BCUT2D eigenvalue weighted by molar-refractivity contribution is -0.137. The SMILES string of the molecule is CCOC(=O)/C=C/[C@](C)(O)[C@@H](O)CCc1ccccc1. The molecule has 0 radical (unpaired) electrons. The summed E-state index contributed by atoms with van der Waals surface area (Å²) < 4.78 is 4.73. The molecule has 0 aliphatic carbocycles. The van der Waals surface area contributed by atoms with Crippen LogP contribution in [0.5, 0.6) is 0 Å². The quantitative estimate of drug-likeness (QED) is 0.590. The van der Waals surface area contributed by atoms with Crippen molar-refractivity contribution >= 4 is 5.97 Å². The molecule has 0 aromatic heterocycles. The minimum atomic E-state index is -1.46. The fraction of sp³-hybridized carbons (Fsp3) is 0.438. The maximum Gasteiger partial charge on any atom is 0.330 e. The minimum Gasteiger partial charge on any atom is -0.463 e. The van der Waals surface area contributed by atoms with Crippen molar-refractivity contribution in [3.63, 3.8) is 0 Å². The first-order chi connectivity index (χ1) is 9.45. The molecule has 0 saturated heterocycles. The summed E-state index contributed by atoms with van der Waals surface area (Å²) in [6.07, 6.45) is 2.54. The number of carbonyl (C=O) groups excluding carboxylic acids is 1. The van der Waals surface area contributed by atoms with Gasteiger partial charge in [0.1, 0.15) is 5.60 Å². The lowest BCUT2D eigenvalue weighted by atomic mass is 9.93. The largest absolute Gasteiger partial charge is 0.463 e. The molecule has 1 aromatic carbocycles. The van der Waals surface area contributed by atoms with Gasteiger partial charge in [0.2, 0.25) is 0 Å². The monoisotopic (exact) mass is 278 g/mol. The minimum absolute atomic E-state index is 0.280. The Bertz CT molecular complexity index is 437. The lowest BCUT2D eigenvalue weighted by Gasteiger charge is -2.25. The molecule has 0 heterocycles. The Hall–Kier alpha value is -1.65. The van der Waals surface area contributed by atoms with Gasteiger partial charge in [-0.3, -0.25) is 0 Å². The van der Waals surface area contributed by atoms with Gasteiger partial charge < -0.3 is 14.9 Å². The van der Waals surface area contributed by atoms with Crippen LogP contribution in [-0.2, 0) is 16.0 Å². The van der Waals surface area contributed by atoms with E-state index in [0.29, 0.717) is 12.8 Å². The summed E-state index contributed by atoms with van der Waals surface area (Å²) in [5.74, 6) is -0.525. The van der Waals surface area contributed by atoms with Crippen molar-refractivity contribution in [2.24, 2.45) is 0 Å². The van der Waals surface area contributed by atoms with E-state index in [2.05, 4.69) is 0 Å². The highest BCUT2D eigenvalue weighted by molar-refractivity contribution is 5.82. The Labute approximate surface area is 119 Å². The summed E-state index contributed by atoms with van der Waals surface area (Å²) in [7, 11) is 0. The van der Waals surface area contributed by atoms with E-state index in [1.165, 1.54) is 13.0 Å². The highest BCUT2D eigenvalue weighted by atomic mass is 16.5. The first-order valence-electron chi connectivity index (χ1n) is 6.76. The van der Waals surface area contributed by atoms with Crippen LogP contribution in [0.15, 0.2) is 42.5 Å². The third-order valence-electron chi connectivity index (χ3n) is 3.07.